The summed E-state index contributed by atoms with van der Waals surface area (Å²) in [5.41, 5.74) is 1.74. The van der Waals surface area contributed by atoms with E-state index >= 15 is 0 Å². The maximum absolute atomic E-state index is 13.9. The Bertz CT molecular complexity index is 1220. The first-order valence-electron chi connectivity index (χ1n) is 14.1. The molecule has 40 heavy (non-hydrogen) atoms. The predicted octanol–water partition coefficient (Wildman–Crippen LogP) is 3.89. The van der Waals surface area contributed by atoms with Crippen LogP contribution in [0.5, 0.6) is 5.75 Å². The molecule has 0 spiro atoms. The fourth-order valence-electron chi connectivity index (χ4n) is 5.40. The molecule has 4 rings (SSSR count). The molecule has 1 saturated heterocycles. The number of nitrogens with zero attached hydrogens (tertiary/aromatic N) is 2. The normalized spacial score (nSPS) is 19.6. The molecule has 4 amide bonds. The highest BCUT2D eigenvalue weighted by molar-refractivity contribution is 6.05. The molecule has 1 fully saturated rings. The summed E-state index contributed by atoms with van der Waals surface area (Å²) in [4.78, 5) is 56.4. The maximum atomic E-state index is 13.9. The van der Waals surface area contributed by atoms with Crippen molar-refractivity contribution in [2.45, 2.75) is 64.6 Å². The van der Waals surface area contributed by atoms with Gasteiger partial charge in [0.1, 0.15) is 11.8 Å². The third kappa shape index (κ3) is 6.79. The van der Waals surface area contributed by atoms with Gasteiger partial charge in [-0.15, -0.1) is 0 Å². The number of amides is 4. The summed E-state index contributed by atoms with van der Waals surface area (Å²) in [5.74, 6) is -0.974. The monoisotopic (exact) mass is 545 g/mol. The lowest BCUT2D eigenvalue weighted by Crippen LogP contribution is -2.52. The number of rotatable bonds is 12. The van der Waals surface area contributed by atoms with Crippen molar-refractivity contribution in [3.8, 4) is 5.75 Å². The maximum Gasteiger partial charge on any atom is 0.243 e. The van der Waals surface area contributed by atoms with Crippen LogP contribution in [-0.4, -0.2) is 59.2 Å². The molecule has 0 saturated carbocycles. The van der Waals surface area contributed by atoms with Crippen LogP contribution in [0.4, 0.5) is 0 Å². The van der Waals surface area contributed by atoms with Crippen molar-refractivity contribution < 1.29 is 23.9 Å². The minimum atomic E-state index is -0.785. The number of imide groups is 1. The standard InChI is InChI=1S/C32H39N3O5/c1-4-22(2)33-30(37)28(20-23-11-6-5-7-12-23)35(21-24-13-10-14-25(19-24)40-3)29(36)17-18-34-31(38)26-15-8-9-16-27(26)32(34)39/h5-14,19,22,26-28H,4,15-18,20-21H2,1-3H3,(H,33,37)/t22-,26-,27+,28+/m1/s1. The van der Waals surface area contributed by atoms with Crippen LogP contribution >= 0.6 is 0 Å². The van der Waals surface area contributed by atoms with Gasteiger partial charge in [-0.1, -0.05) is 61.5 Å². The molecule has 1 aliphatic heterocycles. The van der Waals surface area contributed by atoms with Crippen molar-refractivity contribution >= 4 is 23.6 Å². The number of hydrogen-bond donors (Lipinski definition) is 1. The fraction of sp³-hybridized carbons (Fsp3) is 0.438. The molecule has 0 bridgehead atoms. The molecule has 2 aromatic rings. The highest BCUT2D eigenvalue weighted by atomic mass is 16.5. The molecular weight excluding hydrogens is 506 g/mol. The second-order valence-electron chi connectivity index (χ2n) is 10.6. The zero-order valence-corrected chi connectivity index (χ0v) is 23.5. The van der Waals surface area contributed by atoms with Gasteiger partial charge in [0.05, 0.1) is 18.9 Å². The molecule has 2 aliphatic rings. The predicted molar refractivity (Wildman–Crippen MR) is 152 cm³/mol. The Kier molecular flexibility index (Phi) is 9.74. The van der Waals surface area contributed by atoms with Gasteiger partial charge in [0, 0.05) is 32.0 Å². The Labute approximate surface area is 236 Å². The molecule has 8 heteroatoms. The van der Waals surface area contributed by atoms with E-state index in [9.17, 15) is 19.2 Å². The highest BCUT2D eigenvalue weighted by Crippen LogP contribution is 2.35. The first kappa shape index (κ1) is 29.1. The van der Waals surface area contributed by atoms with Crippen molar-refractivity contribution in [3.05, 3.63) is 77.9 Å². The van der Waals surface area contributed by atoms with Gasteiger partial charge in [0.2, 0.25) is 23.6 Å². The molecule has 212 valence electrons. The number of methoxy groups -OCH3 is 1. The average molecular weight is 546 g/mol. The minimum absolute atomic E-state index is 0.00312. The van der Waals surface area contributed by atoms with Crippen molar-refractivity contribution in [2.24, 2.45) is 11.8 Å². The van der Waals surface area contributed by atoms with Gasteiger partial charge < -0.3 is 15.0 Å². The van der Waals surface area contributed by atoms with Gasteiger partial charge in [-0.05, 0) is 49.4 Å². The van der Waals surface area contributed by atoms with Gasteiger partial charge in [0.25, 0.3) is 0 Å². The van der Waals surface area contributed by atoms with Gasteiger partial charge in [-0.2, -0.15) is 0 Å². The Morgan fingerprint density at radius 2 is 1.65 bits per heavy atom. The molecular formula is C32H39N3O5. The van der Waals surface area contributed by atoms with E-state index in [1.54, 1.807) is 12.0 Å². The number of ether oxygens (including phenoxy) is 1. The fourth-order valence-corrected chi connectivity index (χ4v) is 5.40. The lowest BCUT2D eigenvalue weighted by molar-refractivity contribution is -0.144. The number of fused-ring (bicyclic) bond motifs is 1. The molecule has 0 radical (unpaired) electrons. The number of carbonyl (C=O) groups is 4. The molecule has 1 heterocycles. The van der Waals surface area contributed by atoms with Crippen LogP contribution < -0.4 is 10.1 Å². The Balaban J connectivity index is 1.60. The lowest BCUT2D eigenvalue weighted by atomic mass is 9.85. The van der Waals surface area contributed by atoms with Crippen molar-refractivity contribution in [3.63, 3.8) is 0 Å². The molecule has 1 aliphatic carbocycles. The number of benzene rings is 2. The van der Waals surface area contributed by atoms with Crippen LogP contribution in [0.3, 0.4) is 0 Å². The molecule has 2 aromatic carbocycles. The van der Waals surface area contributed by atoms with Gasteiger partial charge in [-0.3, -0.25) is 24.1 Å². The van der Waals surface area contributed by atoms with Crippen LogP contribution in [0.15, 0.2) is 66.7 Å². The lowest BCUT2D eigenvalue weighted by Gasteiger charge is -2.33. The summed E-state index contributed by atoms with van der Waals surface area (Å²) in [6.07, 6.45) is 6.02. The number of hydrogen-bond acceptors (Lipinski definition) is 5. The third-order valence-corrected chi connectivity index (χ3v) is 7.91. The largest absolute Gasteiger partial charge is 0.497 e. The summed E-state index contributed by atoms with van der Waals surface area (Å²) in [7, 11) is 1.58. The van der Waals surface area contributed by atoms with Crippen LogP contribution in [0.2, 0.25) is 0 Å². The van der Waals surface area contributed by atoms with E-state index in [0.29, 0.717) is 25.0 Å². The quantitative estimate of drug-likeness (QED) is 0.323. The molecule has 0 unspecified atom stereocenters. The minimum Gasteiger partial charge on any atom is -0.497 e. The van der Waals surface area contributed by atoms with Crippen LogP contribution in [0.25, 0.3) is 0 Å². The Hall–Kier alpha value is -3.94. The van der Waals surface area contributed by atoms with E-state index in [1.807, 2.05) is 80.6 Å². The van der Waals surface area contributed by atoms with Gasteiger partial charge in [-0.25, -0.2) is 0 Å². The average Bonchev–Trinajstić information content (AvgIpc) is 3.22. The van der Waals surface area contributed by atoms with E-state index in [1.165, 1.54) is 4.90 Å². The number of nitrogens with one attached hydrogen (secondary N) is 1. The van der Waals surface area contributed by atoms with E-state index in [0.717, 1.165) is 17.5 Å². The van der Waals surface area contributed by atoms with E-state index in [4.69, 9.17) is 4.74 Å². The van der Waals surface area contributed by atoms with Crippen molar-refractivity contribution in [2.75, 3.05) is 13.7 Å². The van der Waals surface area contributed by atoms with E-state index in [2.05, 4.69) is 5.32 Å². The summed E-state index contributed by atoms with van der Waals surface area (Å²) >= 11 is 0. The van der Waals surface area contributed by atoms with Gasteiger partial charge >= 0.3 is 0 Å². The van der Waals surface area contributed by atoms with E-state index < -0.39 is 6.04 Å². The molecule has 1 N–H and O–H groups in total. The second kappa shape index (κ2) is 13.4. The zero-order valence-electron chi connectivity index (χ0n) is 23.5. The molecule has 8 nitrogen and oxygen atoms in total. The third-order valence-electron chi connectivity index (χ3n) is 7.91. The molecule has 4 atom stereocenters. The van der Waals surface area contributed by atoms with Crippen LogP contribution in [-0.2, 0) is 32.1 Å². The summed E-state index contributed by atoms with van der Waals surface area (Å²) in [6, 6.07) is 16.2. The SMILES string of the molecule is CC[C@@H](C)NC(=O)[C@H](Cc1ccccc1)N(Cc1cccc(OC)c1)C(=O)CCN1C(=O)[C@H]2CC=CC[C@H]2C1=O. The Morgan fingerprint density at radius 3 is 2.27 bits per heavy atom. The highest BCUT2D eigenvalue weighted by Gasteiger charge is 2.47. The topological polar surface area (TPSA) is 96.0 Å². The molecule has 0 aromatic heterocycles. The smallest absolute Gasteiger partial charge is 0.243 e. The van der Waals surface area contributed by atoms with Crippen molar-refractivity contribution in [1.29, 1.82) is 0 Å². The number of carbonyl (C=O) groups excluding carboxylic acids is 4. The van der Waals surface area contributed by atoms with E-state index in [-0.39, 0.29) is 61.0 Å². The zero-order chi connectivity index (χ0) is 28.6. The Morgan fingerprint density at radius 1 is 1.00 bits per heavy atom. The van der Waals surface area contributed by atoms with Gasteiger partial charge in [0.15, 0.2) is 0 Å². The number of allylic oxidation sites excluding steroid dienone is 2. The summed E-state index contributed by atoms with van der Waals surface area (Å²) < 4.78 is 5.38. The first-order chi connectivity index (χ1) is 19.3. The summed E-state index contributed by atoms with van der Waals surface area (Å²) in [6.45, 7) is 4.11. The van der Waals surface area contributed by atoms with Crippen molar-refractivity contribution in [1.82, 2.24) is 15.1 Å². The number of likely N-dealkylation sites (tertiary alicyclic amines) is 1. The van der Waals surface area contributed by atoms with Crippen LogP contribution in [0, 0.1) is 11.8 Å². The first-order valence-corrected chi connectivity index (χ1v) is 14.1. The summed E-state index contributed by atoms with van der Waals surface area (Å²) in [5, 5.41) is 3.06. The van der Waals surface area contributed by atoms with Crippen LogP contribution in [0.1, 0.15) is 50.7 Å². The second-order valence-corrected chi connectivity index (χ2v) is 10.6.